The zero-order valence-electron chi connectivity index (χ0n) is 21.5. The molecule has 0 saturated carbocycles. The van der Waals surface area contributed by atoms with Gasteiger partial charge in [-0.1, -0.05) is 78.2 Å². The van der Waals surface area contributed by atoms with E-state index >= 15 is 0 Å². The van der Waals surface area contributed by atoms with E-state index in [0.29, 0.717) is 6.54 Å². The monoisotopic (exact) mass is 575 g/mol. The smallest absolute Gasteiger partial charge is 0.264 e. The third-order valence-corrected chi connectivity index (χ3v) is 8.31. The van der Waals surface area contributed by atoms with Gasteiger partial charge in [0, 0.05) is 18.1 Å². The molecule has 1 unspecified atom stereocenters. The number of rotatable bonds is 11. The van der Waals surface area contributed by atoms with Crippen LogP contribution in [0.15, 0.2) is 77.7 Å². The van der Waals surface area contributed by atoms with Gasteiger partial charge in [-0.2, -0.15) is 0 Å². The minimum absolute atomic E-state index is 0.00436. The Morgan fingerprint density at radius 1 is 0.974 bits per heavy atom. The first kappa shape index (κ1) is 29.5. The fourth-order valence-corrected chi connectivity index (χ4v) is 5.65. The molecule has 2 amide bonds. The van der Waals surface area contributed by atoms with Crippen molar-refractivity contribution >= 4 is 50.7 Å². The molecule has 1 atom stereocenters. The molecule has 0 aliphatic heterocycles. The van der Waals surface area contributed by atoms with Gasteiger partial charge in [-0.3, -0.25) is 13.9 Å². The molecule has 0 spiro atoms. The van der Waals surface area contributed by atoms with E-state index in [9.17, 15) is 18.0 Å². The Bertz CT molecular complexity index is 1370. The van der Waals surface area contributed by atoms with Gasteiger partial charge in [0.25, 0.3) is 10.0 Å². The predicted octanol–water partition coefficient (Wildman–Crippen LogP) is 5.44. The molecule has 3 aromatic rings. The van der Waals surface area contributed by atoms with Gasteiger partial charge in [0.05, 0.1) is 15.6 Å². The number of anilines is 1. The van der Waals surface area contributed by atoms with Crippen LogP contribution in [0.1, 0.15) is 31.4 Å². The van der Waals surface area contributed by atoms with Crippen LogP contribution in [0.2, 0.25) is 10.0 Å². The summed E-state index contributed by atoms with van der Waals surface area (Å²) >= 11 is 12.6. The van der Waals surface area contributed by atoms with Crippen molar-refractivity contribution in [2.45, 2.75) is 44.7 Å². The fraction of sp³-hybridized carbons (Fsp3) is 0.286. The molecule has 0 bridgehead atoms. The molecular formula is C28H31Cl2N3O4S. The summed E-state index contributed by atoms with van der Waals surface area (Å²) in [5.74, 6) is -0.899. The number of hydrogen-bond acceptors (Lipinski definition) is 4. The summed E-state index contributed by atoms with van der Waals surface area (Å²) in [6.07, 6.45) is 0.737. The first-order chi connectivity index (χ1) is 18.0. The molecule has 0 aliphatic carbocycles. The molecule has 0 aromatic heterocycles. The number of benzene rings is 3. The average molecular weight is 577 g/mol. The highest BCUT2D eigenvalue weighted by molar-refractivity contribution is 7.92. The van der Waals surface area contributed by atoms with Gasteiger partial charge in [-0.15, -0.1) is 0 Å². The molecule has 202 valence electrons. The second-order valence-corrected chi connectivity index (χ2v) is 11.6. The summed E-state index contributed by atoms with van der Waals surface area (Å²) in [5.41, 5.74) is 1.74. The van der Waals surface area contributed by atoms with Crippen molar-refractivity contribution in [3.05, 3.63) is 94.0 Å². The van der Waals surface area contributed by atoms with Crippen LogP contribution in [0.5, 0.6) is 0 Å². The van der Waals surface area contributed by atoms with Gasteiger partial charge in [0.15, 0.2) is 0 Å². The summed E-state index contributed by atoms with van der Waals surface area (Å²) in [4.78, 5) is 28.1. The molecule has 0 fully saturated rings. The van der Waals surface area contributed by atoms with Crippen molar-refractivity contribution in [1.82, 2.24) is 10.2 Å². The maximum atomic E-state index is 13.8. The molecule has 3 aromatic carbocycles. The minimum atomic E-state index is -4.23. The van der Waals surface area contributed by atoms with Crippen molar-refractivity contribution in [2.24, 2.45) is 0 Å². The number of hydrogen-bond donors (Lipinski definition) is 1. The fourth-order valence-electron chi connectivity index (χ4n) is 3.79. The number of carbonyl (C=O) groups excluding carboxylic acids is 2. The van der Waals surface area contributed by atoms with Gasteiger partial charge in [0.2, 0.25) is 11.8 Å². The van der Waals surface area contributed by atoms with Gasteiger partial charge in [-0.05, 0) is 56.2 Å². The number of halogens is 2. The lowest BCUT2D eigenvalue weighted by molar-refractivity contribution is -0.139. The molecule has 3 rings (SSSR count). The second-order valence-electron chi connectivity index (χ2n) is 8.89. The summed E-state index contributed by atoms with van der Waals surface area (Å²) in [6.45, 7) is 5.38. The minimum Gasteiger partial charge on any atom is -0.354 e. The highest BCUT2D eigenvalue weighted by Crippen LogP contribution is 2.33. The Morgan fingerprint density at radius 2 is 1.63 bits per heavy atom. The van der Waals surface area contributed by atoms with E-state index in [1.54, 1.807) is 19.1 Å². The first-order valence-corrected chi connectivity index (χ1v) is 14.4. The van der Waals surface area contributed by atoms with E-state index in [2.05, 4.69) is 5.32 Å². The normalized spacial score (nSPS) is 12.0. The molecule has 10 heteroatoms. The van der Waals surface area contributed by atoms with E-state index in [1.165, 1.54) is 35.2 Å². The molecular weight excluding hydrogens is 545 g/mol. The zero-order valence-corrected chi connectivity index (χ0v) is 23.9. The molecule has 0 aliphatic rings. The van der Waals surface area contributed by atoms with Crippen LogP contribution in [0.4, 0.5) is 5.69 Å². The molecule has 7 nitrogen and oxygen atoms in total. The van der Waals surface area contributed by atoms with Crippen molar-refractivity contribution in [2.75, 3.05) is 17.4 Å². The quantitative estimate of drug-likeness (QED) is 0.330. The van der Waals surface area contributed by atoms with Crippen LogP contribution in [-0.2, 0) is 26.2 Å². The van der Waals surface area contributed by atoms with E-state index in [4.69, 9.17) is 23.2 Å². The van der Waals surface area contributed by atoms with E-state index in [-0.39, 0.29) is 33.1 Å². The maximum Gasteiger partial charge on any atom is 0.264 e. The predicted molar refractivity (Wildman–Crippen MR) is 152 cm³/mol. The van der Waals surface area contributed by atoms with Gasteiger partial charge < -0.3 is 10.2 Å². The number of nitrogens with zero attached hydrogens (tertiary/aromatic N) is 2. The van der Waals surface area contributed by atoms with Crippen LogP contribution in [0.3, 0.4) is 0 Å². The van der Waals surface area contributed by atoms with E-state index in [1.807, 2.05) is 44.2 Å². The van der Waals surface area contributed by atoms with Gasteiger partial charge >= 0.3 is 0 Å². The number of sulfonamides is 1. The molecule has 38 heavy (non-hydrogen) atoms. The first-order valence-electron chi connectivity index (χ1n) is 12.2. The maximum absolute atomic E-state index is 13.8. The Morgan fingerprint density at radius 3 is 2.26 bits per heavy atom. The Hall–Kier alpha value is -3.07. The molecule has 1 N–H and O–H groups in total. The Labute approximate surface area is 234 Å². The third kappa shape index (κ3) is 7.28. The lowest BCUT2D eigenvalue weighted by Crippen LogP contribution is -2.51. The molecule has 0 radical (unpaired) electrons. The van der Waals surface area contributed by atoms with Crippen molar-refractivity contribution in [3.8, 4) is 0 Å². The van der Waals surface area contributed by atoms with Crippen molar-refractivity contribution in [1.29, 1.82) is 0 Å². The van der Waals surface area contributed by atoms with Gasteiger partial charge in [-0.25, -0.2) is 8.42 Å². The number of nitrogens with one attached hydrogen (secondary N) is 1. The summed E-state index contributed by atoms with van der Waals surface area (Å²) in [7, 11) is -4.23. The van der Waals surface area contributed by atoms with Crippen LogP contribution >= 0.6 is 23.2 Å². The van der Waals surface area contributed by atoms with Crippen molar-refractivity contribution in [3.63, 3.8) is 0 Å². The van der Waals surface area contributed by atoms with E-state index < -0.39 is 28.5 Å². The van der Waals surface area contributed by atoms with Crippen LogP contribution in [0, 0.1) is 6.92 Å². The number of amides is 2. The van der Waals surface area contributed by atoms with Crippen LogP contribution < -0.4 is 9.62 Å². The Balaban J connectivity index is 2.05. The molecule has 0 heterocycles. The molecule has 0 saturated heterocycles. The van der Waals surface area contributed by atoms with Crippen molar-refractivity contribution < 1.29 is 18.0 Å². The average Bonchev–Trinajstić information content (AvgIpc) is 2.90. The lowest BCUT2D eigenvalue weighted by Gasteiger charge is -2.32. The second kappa shape index (κ2) is 13.1. The number of aryl methyl sites for hydroxylation is 1. The Kier molecular flexibility index (Phi) is 10.2. The third-order valence-electron chi connectivity index (χ3n) is 5.98. The largest absolute Gasteiger partial charge is 0.354 e. The highest BCUT2D eigenvalue weighted by Gasteiger charge is 2.33. The summed E-state index contributed by atoms with van der Waals surface area (Å²) in [6, 6.07) is 19.1. The number of carbonyl (C=O) groups is 2. The lowest BCUT2D eigenvalue weighted by atomic mass is 10.1. The van der Waals surface area contributed by atoms with Crippen LogP contribution in [0.25, 0.3) is 0 Å². The highest BCUT2D eigenvalue weighted by atomic mass is 35.5. The van der Waals surface area contributed by atoms with E-state index in [0.717, 1.165) is 21.9 Å². The summed E-state index contributed by atoms with van der Waals surface area (Å²) < 4.78 is 28.6. The van der Waals surface area contributed by atoms with Crippen LogP contribution in [-0.4, -0.2) is 44.3 Å². The zero-order chi connectivity index (χ0) is 27.9. The summed E-state index contributed by atoms with van der Waals surface area (Å²) in [5, 5.41) is 3.18. The topological polar surface area (TPSA) is 86.8 Å². The standard InChI is InChI=1S/C28H31Cl2N3O4S/c1-4-16-31-28(35)21(3)32(18-22-8-6-5-7-9-22)27(34)19-33(26-17-23(29)12-15-25(26)30)38(36,37)24-13-10-20(2)11-14-24/h5-15,17,21H,4,16,18-19H2,1-3H3,(H,31,35). The SMILES string of the molecule is CCCNC(=O)C(C)N(Cc1ccccc1)C(=O)CN(c1cc(Cl)ccc1Cl)S(=O)(=O)c1ccc(C)cc1. The van der Waals surface area contributed by atoms with Gasteiger partial charge in [0.1, 0.15) is 12.6 Å².